The first kappa shape index (κ1) is 14.3. The van der Waals surface area contributed by atoms with Gasteiger partial charge in [-0.25, -0.2) is 0 Å². The van der Waals surface area contributed by atoms with Crippen molar-refractivity contribution in [1.82, 2.24) is 10.2 Å². The van der Waals surface area contributed by atoms with Crippen LogP contribution in [0.5, 0.6) is 0 Å². The van der Waals surface area contributed by atoms with Crippen LogP contribution < -0.4 is 5.32 Å². The molecule has 1 aliphatic carbocycles. The van der Waals surface area contributed by atoms with Crippen LogP contribution in [0.25, 0.3) is 0 Å². The normalized spacial score (nSPS) is 24.0. The Labute approximate surface area is 112 Å². The van der Waals surface area contributed by atoms with Crippen LogP contribution in [0, 0.1) is 5.92 Å². The van der Waals surface area contributed by atoms with Gasteiger partial charge in [-0.15, -0.1) is 0 Å². The van der Waals surface area contributed by atoms with Gasteiger partial charge >= 0.3 is 0 Å². The highest BCUT2D eigenvalue weighted by Gasteiger charge is 2.12. The summed E-state index contributed by atoms with van der Waals surface area (Å²) in [5.74, 6) is 0.955. The van der Waals surface area contributed by atoms with Gasteiger partial charge in [0.25, 0.3) is 0 Å². The quantitative estimate of drug-likeness (QED) is 0.581. The molecule has 0 bridgehead atoms. The second-order valence-corrected chi connectivity index (χ2v) is 5.87. The second kappa shape index (κ2) is 8.89. The zero-order chi connectivity index (χ0) is 12.5. The summed E-state index contributed by atoms with van der Waals surface area (Å²) in [7, 11) is 0. The zero-order valence-electron chi connectivity index (χ0n) is 11.8. The van der Waals surface area contributed by atoms with Crippen molar-refractivity contribution < 1.29 is 4.74 Å². The van der Waals surface area contributed by atoms with Gasteiger partial charge in [0.1, 0.15) is 0 Å². The maximum Gasteiger partial charge on any atom is 0.0594 e. The molecule has 2 aliphatic rings. The molecule has 1 aliphatic heterocycles. The number of ether oxygens (including phenoxy) is 1. The number of hydrogen-bond donors (Lipinski definition) is 1. The molecule has 106 valence electrons. The summed E-state index contributed by atoms with van der Waals surface area (Å²) in [6.45, 7) is 7.79. The predicted octanol–water partition coefficient (Wildman–Crippen LogP) is 2.27. The lowest BCUT2D eigenvalue weighted by Gasteiger charge is -2.26. The van der Waals surface area contributed by atoms with Crippen LogP contribution in [0.1, 0.15) is 44.9 Å². The van der Waals surface area contributed by atoms with Gasteiger partial charge in [-0.05, 0) is 44.8 Å². The fourth-order valence-corrected chi connectivity index (χ4v) is 3.13. The van der Waals surface area contributed by atoms with Crippen molar-refractivity contribution in [2.24, 2.45) is 5.92 Å². The highest BCUT2D eigenvalue weighted by atomic mass is 16.5. The first-order chi connectivity index (χ1) is 8.95. The molecule has 0 unspecified atom stereocenters. The summed E-state index contributed by atoms with van der Waals surface area (Å²) in [6, 6.07) is 0. The van der Waals surface area contributed by atoms with E-state index in [4.69, 9.17) is 4.74 Å². The van der Waals surface area contributed by atoms with Crippen molar-refractivity contribution in [3.63, 3.8) is 0 Å². The fourth-order valence-electron chi connectivity index (χ4n) is 3.13. The van der Waals surface area contributed by atoms with Gasteiger partial charge in [-0.1, -0.05) is 25.7 Å². The number of nitrogens with zero attached hydrogens (tertiary/aromatic N) is 1. The van der Waals surface area contributed by atoms with E-state index in [2.05, 4.69) is 10.2 Å². The maximum atomic E-state index is 5.36. The number of morpholine rings is 1. The largest absolute Gasteiger partial charge is 0.379 e. The Morgan fingerprint density at radius 2 is 1.72 bits per heavy atom. The smallest absolute Gasteiger partial charge is 0.0594 e. The van der Waals surface area contributed by atoms with Crippen LogP contribution in [0.2, 0.25) is 0 Å². The summed E-state index contributed by atoms with van der Waals surface area (Å²) in [4.78, 5) is 2.52. The third-order valence-corrected chi connectivity index (χ3v) is 4.34. The molecule has 0 amide bonds. The number of rotatable bonds is 6. The third-order valence-electron chi connectivity index (χ3n) is 4.34. The van der Waals surface area contributed by atoms with Crippen molar-refractivity contribution in [3.05, 3.63) is 0 Å². The molecule has 18 heavy (non-hydrogen) atoms. The SMILES string of the molecule is C1CCCC(CNCCCN2CCOCC2)CC1. The van der Waals surface area contributed by atoms with E-state index in [0.717, 1.165) is 32.2 Å². The Hall–Kier alpha value is -0.120. The highest BCUT2D eigenvalue weighted by molar-refractivity contribution is 4.68. The third kappa shape index (κ3) is 5.68. The molecule has 3 heteroatoms. The van der Waals surface area contributed by atoms with Crippen molar-refractivity contribution in [1.29, 1.82) is 0 Å². The lowest BCUT2D eigenvalue weighted by Crippen LogP contribution is -2.38. The summed E-state index contributed by atoms with van der Waals surface area (Å²) in [6.07, 6.45) is 10.0. The lowest BCUT2D eigenvalue weighted by molar-refractivity contribution is 0.0374. The minimum absolute atomic E-state index is 0.926. The summed E-state index contributed by atoms with van der Waals surface area (Å²) < 4.78 is 5.36. The predicted molar refractivity (Wildman–Crippen MR) is 75.9 cm³/mol. The number of nitrogens with one attached hydrogen (secondary N) is 1. The molecule has 0 aromatic carbocycles. The molecule has 3 nitrogen and oxygen atoms in total. The molecule has 0 radical (unpaired) electrons. The maximum absolute atomic E-state index is 5.36. The van der Waals surface area contributed by atoms with E-state index >= 15 is 0 Å². The molecule has 1 saturated heterocycles. The average molecular weight is 254 g/mol. The first-order valence-electron chi connectivity index (χ1n) is 7.96. The lowest BCUT2D eigenvalue weighted by atomic mass is 10.0. The topological polar surface area (TPSA) is 24.5 Å². The van der Waals surface area contributed by atoms with Crippen molar-refractivity contribution in [3.8, 4) is 0 Å². The van der Waals surface area contributed by atoms with Crippen LogP contribution in [0.4, 0.5) is 0 Å². The van der Waals surface area contributed by atoms with E-state index in [1.807, 2.05) is 0 Å². The first-order valence-corrected chi connectivity index (χ1v) is 7.96. The van der Waals surface area contributed by atoms with Crippen molar-refractivity contribution in [2.45, 2.75) is 44.9 Å². The van der Waals surface area contributed by atoms with E-state index in [-0.39, 0.29) is 0 Å². The van der Waals surface area contributed by atoms with E-state index in [9.17, 15) is 0 Å². The minimum atomic E-state index is 0.926. The van der Waals surface area contributed by atoms with Gasteiger partial charge in [-0.2, -0.15) is 0 Å². The molecule has 0 atom stereocenters. The van der Waals surface area contributed by atoms with E-state index in [0.29, 0.717) is 0 Å². The fraction of sp³-hybridized carbons (Fsp3) is 1.00. The Balaban J connectivity index is 1.45. The Morgan fingerprint density at radius 1 is 1.00 bits per heavy atom. The molecule has 2 fully saturated rings. The molecule has 1 heterocycles. The summed E-state index contributed by atoms with van der Waals surface area (Å²) >= 11 is 0. The van der Waals surface area contributed by atoms with Gasteiger partial charge in [0.2, 0.25) is 0 Å². The van der Waals surface area contributed by atoms with Gasteiger partial charge in [0.05, 0.1) is 13.2 Å². The Kier molecular flexibility index (Phi) is 7.06. The van der Waals surface area contributed by atoms with Crippen LogP contribution in [-0.4, -0.2) is 50.8 Å². The van der Waals surface area contributed by atoms with E-state index < -0.39 is 0 Å². The minimum Gasteiger partial charge on any atom is -0.379 e. The molecule has 0 aromatic rings. The molecular weight excluding hydrogens is 224 g/mol. The molecule has 0 spiro atoms. The molecule has 1 N–H and O–H groups in total. The van der Waals surface area contributed by atoms with Crippen molar-refractivity contribution >= 4 is 0 Å². The van der Waals surface area contributed by atoms with Gasteiger partial charge in [-0.3, -0.25) is 4.90 Å². The Bertz CT molecular complexity index is 197. The number of hydrogen-bond acceptors (Lipinski definition) is 3. The van der Waals surface area contributed by atoms with Crippen LogP contribution >= 0.6 is 0 Å². The summed E-state index contributed by atoms with van der Waals surface area (Å²) in [5, 5.41) is 3.66. The zero-order valence-corrected chi connectivity index (χ0v) is 11.8. The monoisotopic (exact) mass is 254 g/mol. The second-order valence-electron chi connectivity index (χ2n) is 5.87. The van der Waals surface area contributed by atoms with Gasteiger partial charge < -0.3 is 10.1 Å². The highest BCUT2D eigenvalue weighted by Crippen LogP contribution is 2.21. The molecule has 1 saturated carbocycles. The molecular formula is C15H30N2O. The van der Waals surface area contributed by atoms with E-state index in [1.165, 1.54) is 64.6 Å². The molecule has 2 rings (SSSR count). The van der Waals surface area contributed by atoms with Gasteiger partial charge in [0.15, 0.2) is 0 Å². The van der Waals surface area contributed by atoms with Crippen LogP contribution in [0.3, 0.4) is 0 Å². The standard InChI is InChI=1S/C15H30N2O/c1-2-4-7-15(6-3-1)14-16-8-5-9-17-10-12-18-13-11-17/h15-16H,1-14H2. The molecule has 0 aromatic heterocycles. The summed E-state index contributed by atoms with van der Waals surface area (Å²) in [5.41, 5.74) is 0. The van der Waals surface area contributed by atoms with Crippen LogP contribution in [0.15, 0.2) is 0 Å². The van der Waals surface area contributed by atoms with Crippen LogP contribution in [-0.2, 0) is 4.74 Å². The van der Waals surface area contributed by atoms with Gasteiger partial charge in [0, 0.05) is 13.1 Å². The van der Waals surface area contributed by atoms with Crippen molar-refractivity contribution in [2.75, 3.05) is 45.9 Å². The average Bonchev–Trinajstić information content (AvgIpc) is 2.68. The van der Waals surface area contributed by atoms with E-state index in [1.54, 1.807) is 0 Å². The Morgan fingerprint density at radius 3 is 2.44 bits per heavy atom.